The number of carbonyl (C=O) groups is 4. The van der Waals surface area contributed by atoms with Crippen LogP contribution in [0.15, 0.2) is 48.5 Å². The largest absolute Gasteiger partial charge is 0.484 e. The van der Waals surface area contributed by atoms with Crippen LogP contribution >= 0.6 is 0 Å². The Hall–Kier alpha value is -3.88. The van der Waals surface area contributed by atoms with Crippen LogP contribution in [0.25, 0.3) is 0 Å². The van der Waals surface area contributed by atoms with Crippen LogP contribution in [0.2, 0.25) is 0 Å². The third-order valence-electron chi connectivity index (χ3n) is 3.78. The molecule has 158 valence electrons. The fourth-order valence-corrected chi connectivity index (χ4v) is 2.22. The van der Waals surface area contributed by atoms with E-state index in [-0.39, 0.29) is 12.2 Å². The number of benzene rings is 2. The second-order valence-corrected chi connectivity index (χ2v) is 6.02. The topological polar surface area (TPSA) is 120 Å². The summed E-state index contributed by atoms with van der Waals surface area (Å²) in [5.41, 5.74) is 5.40. The molecule has 0 fully saturated rings. The molecule has 0 aromatic heterocycles. The van der Waals surface area contributed by atoms with Gasteiger partial charge in [-0.2, -0.15) is 0 Å². The summed E-state index contributed by atoms with van der Waals surface area (Å²) in [5, 5.41) is 0. The number of hydrogen-bond donors (Lipinski definition) is 2. The van der Waals surface area contributed by atoms with E-state index in [0.29, 0.717) is 23.5 Å². The Kier molecular flexibility index (Phi) is 8.37. The van der Waals surface area contributed by atoms with E-state index in [9.17, 15) is 19.2 Å². The lowest BCUT2D eigenvalue weighted by atomic mass is 10.1. The van der Waals surface area contributed by atoms with E-state index in [0.717, 1.165) is 6.42 Å². The summed E-state index contributed by atoms with van der Waals surface area (Å²) in [7, 11) is 1.26. The van der Waals surface area contributed by atoms with Crippen molar-refractivity contribution >= 4 is 23.8 Å². The first-order chi connectivity index (χ1) is 14.4. The molecule has 2 aromatic carbocycles. The van der Waals surface area contributed by atoms with Crippen molar-refractivity contribution in [2.45, 2.75) is 13.3 Å². The van der Waals surface area contributed by atoms with Gasteiger partial charge in [0.2, 0.25) is 0 Å². The first kappa shape index (κ1) is 22.4. The zero-order chi connectivity index (χ0) is 21.9. The van der Waals surface area contributed by atoms with Crippen molar-refractivity contribution in [3.63, 3.8) is 0 Å². The monoisotopic (exact) mass is 414 g/mol. The lowest BCUT2D eigenvalue weighted by Gasteiger charge is -2.09. The van der Waals surface area contributed by atoms with E-state index in [1.807, 2.05) is 6.92 Å². The highest BCUT2D eigenvalue weighted by atomic mass is 16.5. The lowest BCUT2D eigenvalue weighted by Crippen LogP contribution is -2.43. The molecule has 9 nitrogen and oxygen atoms in total. The molecule has 30 heavy (non-hydrogen) atoms. The van der Waals surface area contributed by atoms with E-state index in [1.54, 1.807) is 0 Å². The second kappa shape index (κ2) is 11.2. The molecule has 0 bridgehead atoms. The van der Waals surface area contributed by atoms with Crippen LogP contribution in [0.5, 0.6) is 5.75 Å². The molecule has 0 aliphatic rings. The van der Waals surface area contributed by atoms with Crippen molar-refractivity contribution in [2.24, 2.45) is 0 Å². The van der Waals surface area contributed by atoms with Crippen LogP contribution in [0.4, 0.5) is 0 Å². The Morgan fingerprint density at radius 2 is 1.37 bits per heavy atom. The molecule has 2 N–H and O–H groups in total. The summed E-state index contributed by atoms with van der Waals surface area (Å²) < 4.78 is 14.9. The Morgan fingerprint density at radius 1 is 0.800 bits per heavy atom. The van der Waals surface area contributed by atoms with Crippen LogP contribution in [0, 0.1) is 0 Å². The van der Waals surface area contributed by atoms with Crippen molar-refractivity contribution in [3.05, 3.63) is 65.2 Å². The molecule has 0 aliphatic heterocycles. The van der Waals surface area contributed by atoms with E-state index in [1.165, 1.54) is 55.6 Å². The summed E-state index contributed by atoms with van der Waals surface area (Å²) in [6.45, 7) is 1.90. The van der Waals surface area contributed by atoms with Crippen LogP contribution in [-0.2, 0) is 14.3 Å². The Morgan fingerprint density at radius 3 is 1.97 bits per heavy atom. The lowest BCUT2D eigenvalue weighted by molar-refractivity contribution is -0.123. The predicted octanol–water partition coefficient (Wildman–Crippen LogP) is 1.88. The minimum atomic E-state index is -0.582. The first-order valence-corrected chi connectivity index (χ1v) is 9.12. The normalized spacial score (nSPS) is 9.93. The van der Waals surface area contributed by atoms with Gasteiger partial charge in [0, 0.05) is 5.56 Å². The molecule has 0 radical (unpaired) electrons. The Labute approximate surface area is 173 Å². The van der Waals surface area contributed by atoms with Gasteiger partial charge in [-0.15, -0.1) is 0 Å². The number of carbonyl (C=O) groups excluding carboxylic acids is 4. The maximum absolute atomic E-state index is 12.0. The van der Waals surface area contributed by atoms with E-state index in [2.05, 4.69) is 15.6 Å². The number of ether oxygens (including phenoxy) is 3. The molecular weight excluding hydrogens is 392 g/mol. The molecule has 0 aliphatic carbocycles. The van der Waals surface area contributed by atoms with Crippen LogP contribution in [0.3, 0.4) is 0 Å². The fraction of sp³-hybridized carbons (Fsp3) is 0.238. The molecule has 2 rings (SSSR count). The van der Waals surface area contributed by atoms with Gasteiger partial charge >= 0.3 is 11.9 Å². The standard InChI is InChI=1S/C21H22N2O7/c1-3-12-29-21(27)16-8-10-17(11-9-16)30-13-18(24)22-23-19(25)14-4-6-15(7-5-14)20(26)28-2/h4-11H,3,12-13H2,1-2H3,(H,22,24)(H,23,25). The van der Waals surface area contributed by atoms with Gasteiger partial charge in [0.25, 0.3) is 11.8 Å². The summed E-state index contributed by atoms with van der Waals surface area (Å²) in [6, 6.07) is 11.9. The van der Waals surface area contributed by atoms with Gasteiger partial charge in [-0.3, -0.25) is 20.4 Å². The number of esters is 2. The highest BCUT2D eigenvalue weighted by Crippen LogP contribution is 2.13. The van der Waals surface area contributed by atoms with Crippen molar-refractivity contribution < 1.29 is 33.4 Å². The molecule has 9 heteroatoms. The average Bonchev–Trinajstić information content (AvgIpc) is 2.79. The summed E-state index contributed by atoms with van der Waals surface area (Å²) in [6.07, 6.45) is 0.734. The van der Waals surface area contributed by atoms with Gasteiger partial charge < -0.3 is 14.2 Å². The van der Waals surface area contributed by atoms with Gasteiger partial charge in [-0.25, -0.2) is 9.59 Å². The number of hydrogen-bond acceptors (Lipinski definition) is 7. The maximum Gasteiger partial charge on any atom is 0.338 e. The van der Waals surface area contributed by atoms with Gasteiger partial charge in [-0.1, -0.05) is 6.92 Å². The highest BCUT2D eigenvalue weighted by molar-refractivity contribution is 5.97. The van der Waals surface area contributed by atoms with Crippen molar-refractivity contribution in [1.29, 1.82) is 0 Å². The SMILES string of the molecule is CCCOC(=O)c1ccc(OCC(=O)NNC(=O)c2ccc(C(=O)OC)cc2)cc1. The molecule has 2 aromatic rings. The van der Waals surface area contributed by atoms with E-state index in [4.69, 9.17) is 9.47 Å². The quantitative estimate of drug-likeness (QED) is 0.500. The molecule has 0 unspecified atom stereocenters. The van der Waals surface area contributed by atoms with Gasteiger partial charge in [0.15, 0.2) is 6.61 Å². The van der Waals surface area contributed by atoms with Gasteiger partial charge in [0.1, 0.15) is 5.75 Å². The van der Waals surface area contributed by atoms with Crippen molar-refractivity contribution in [2.75, 3.05) is 20.3 Å². The third kappa shape index (κ3) is 6.62. The molecule has 0 saturated carbocycles. The number of methoxy groups -OCH3 is 1. The zero-order valence-electron chi connectivity index (χ0n) is 16.6. The highest BCUT2D eigenvalue weighted by Gasteiger charge is 2.11. The minimum absolute atomic E-state index is 0.245. The number of rotatable bonds is 8. The fourth-order valence-electron chi connectivity index (χ4n) is 2.22. The summed E-state index contributed by atoms with van der Waals surface area (Å²) in [4.78, 5) is 47.0. The predicted molar refractivity (Wildman–Crippen MR) is 106 cm³/mol. The molecule has 0 spiro atoms. The van der Waals surface area contributed by atoms with Crippen LogP contribution < -0.4 is 15.6 Å². The van der Waals surface area contributed by atoms with Gasteiger partial charge in [0.05, 0.1) is 24.8 Å². The maximum atomic E-state index is 12.0. The van der Waals surface area contributed by atoms with Gasteiger partial charge in [-0.05, 0) is 55.0 Å². The average molecular weight is 414 g/mol. The van der Waals surface area contributed by atoms with Crippen LogP contribution in [0.1, 0.15) is 44.4 Å². The smallest absolute Gasteiger partial charge is 0.338 e. The third-order valence-corrected chi connectivity index (χ3v) is 3.78. The summed E-state index contributed by atoms with van der Waals surface area (Å²) in [5.74, 6) is -1.71. The Balaban J connectivity index is 1.77. The van der Waals surface area contributed by atoms with Crippen LogP contribution in [-0.4, -0.2) is 44.1 Å². The van der Waals surface area contributed by atoms with Crippen molar-refractivity contribution in [1.82, 2.24) is 10.9 Å². The number of amides is 2. The van der Waals surface area contributed by atoms with Crippen molar-refractivity contribution in [3.8, 4) is 5.75 Å². The zero-order valence-corrected chi connectivity index (χ0v) is 16.6. The van der Waals surface area contributed by atoms with E-state index >= 15 is 0 Å². The first-order valence-electron chi connectivity index (χ1n) is 9.12. The molecule has 0 atom stereocenters. The molecule has 0 saturated heterocycles. The summed E-state index contributed by atoms with van der Waals surface area (Å²) >= 11 is 0. The molecule has 0 heterocycles. The molecule has 2 amide bonds. The number of hydrazine groups is 1. The second-order valence-electron chi connectivity index (χ2n) is 6.02. The van der Waals surface area contributed by atoms with E-state index < -0.39 is 23.8 Å². The minimum Gasteiger partial charge on any atom is -0.484 e. The molecular formula is C21H22N2O7. The Bertz CT molecular complexity index is 893. The number of nitrogens with one attached hydrogen (secondary N) is 2.